The van der Waals surface area contributed by atoms with Crippen LogP contribution in [-0.2, 0) is 4.79 Å². The Morgan fingerprint density at radius 3 is 2.52 bits per heavy atom. The van der Waals surface area contributed by atoms with Crippen LogP contribution in [0.3, 0.4) is 0 Å². The first-order chi connectivity index (χ1) is 12.2. The van der Waals surface area contributed by atoms with Crippen LogP contribution in [0.25, 0.3) is 0 Å². The minimum Gasteiger partial charge on any atom is -0.410 e. The van der Waals surface area contributed by atoms with E-state index in [0.29, 0.717) is 31.3 Å². The molecular formula is C20H26N2O3. The third-order valence-corrected chi connectivity index (χ3v) is 5.03. The highest BCUT2D eigenvalue weighted by Gasteiger charge is 2.25. The van der Waals surface area contributed by atoms with Crippen molar-refractivity contribution in [3.05, 3.63) is 42.5 Å². The van der Waals surface area contributed by atoms with Crippen molar-refractivity contribution in [1.82, 2.24) is 10.2 Å². The maximum atomic E-state index is 12.2. The first-order valence-electron chi connectivity index (χ1n) is 9.17. The Bertz CT molecular complexity index is 607. The molecule has 1 saturated heterocycles. The van der Waals surface area contributed by atoms with Gasteiger partial charge in [0.2, 0.25) is 5.91 Å². The predicted octanol–water partition coefficient (Wildman–Crippen LogP) is 3.37. The van der Waals surface area contributed by atoms with Crippen LogP contribution in [0.4, 0.5) is 4.79 Å². The third kappa shape index (κ3) is 5.08. The van der Waals surface area contributed by atoms with Gasteiger partial charge in [-0.05, 0) is 50.2 Å². The molecule has 2 amide bonds. The maximum Gasteiger partial charge on any atom is 0.415 e. The number of hydrogen-bond donors (Lipinski definition) is 1. The lowest BCUT2D eigenvalue weighted by Gasteiger charge is -2.31. The standard InChI is InChI=1S/C20H26N2O3/c23-19(17-7-3-1-4-8-17)21-15-16-11-13-22(14-12-16)20(24)25-18-9-5-2-6-10-18/h1-3,5-6,9-10,16-17H,4,7-8,11-15H2,(H,21,23). The normalized spacial score (nSPS) is 21.0. The van der Waals surface area contributed by atoms with Gasteiger partial charge in [-0.1, -0.05) is 30.4 Å². The SMILES string of the molecule is O=C(NCC1CCN(C(=O)Oc2ccccc2)CC1)C1CC=CCC1. The molecule has 0 aromatic heterocycles. The summed E-state index contributed by atoms with van der Waals surface area (Å²) in [6.07, 6.45) is 8.56. The van der Waals surface area contributed by atoms with Gasteiger partial charge < -0.3 is 15.0 Å². The van der Waals surface area contributed by atoms with E-state index in [0.717, 1.165) is 32.1 Å². The number of nitrogens with zero attached hydrogens (tertiary/aromatic N) is 1. The summed E-state index contributed by atoms with van der Waals surface area (Å²) in [5, 5.41) is 3.10. The molecule has 0 radical (unpaired) electrons. The van der Waals surface area contributed by atoms with Crippen LogP contribution in [-0.4, -0.2) is 36.5 Å². The summed E-state index contributed by atoms with van der Waals surface area (Å²) in [6, 6.07) is 9.14. The van der Waals surface area contributed by atoms with Crippen molar-refractivity contribution >= 4 is 12.0 Å². The average molecular weight is 342 g/mol. The second kappa shape index (κ2) is 8.70. The number of rotatable bonds is 4. The van der Waals surface area contributed by atoms with Gasteiger partial charge in [-0.25, -0.2) is 4.79 Å². The van der Waals surface area contributed by atoms with Crippen LogP contribution < -0.4 is 10.1 Å². The number of likely N-dealkylation sites (tertiary alicyclic amines) is 1. The second-order valence-corrected chi connectivity index (χ2v) is 6.84. The summed E-state index contributed by atoms with van der Waals surface area (Å²) in [5.74, 6) is 1.31. The quantitative estimate of drug-likeness (QED) is 0.854. The molecule has 25 heavy (non-hydrogen) atoms. The molecule has 134 valence electrons. The van der Waals surface area contributed by atoms with Gasteiger partial charge >= 0.3 is 6.09 Å². The second-order valence-electron chi connectivity index (χ2n) is 6.84. The number of benzene rings is 1. The molecule has 1 atom stereocenters. The third-order valence-electron chi connectivity index (χ3n) is 5.03. The minimum atomic E-state index is -0.289. The lowest BCUT2D eigenvalue weighted by Crippen LogP contribution is -2.43. The number of para-hydroxylation sites is 1. The Hall–Kier alpha value is -2.30. The van der Waals surface area contributed by atoms with E-state index in [9.17, 15) is 9.59 Å². The number of ether oxygens (including phenoxy) is 1. The van der Waals surface area contributed by atoms with Gasteiger partial charge in [-0.15, -0.1) is 0 Å². The average Bonchev–Trinajstić information content (AvgIpc) is 2.68. The topological polar surface area (TPSA) is 58.6 Å². The number of carbonyl (C=O) groups excluding carboxylic acids is 2. The molecule has 3 rings (SSSR count). The zero-order valence-corrected chi connectivity index (χ0v) is 14.5. The van der Waals surface area contributed by atoms with Crippen LogP contribution in [0.5, 0.6) is 5.75 Å². The van der Waals surface area contributed by atoms with Crippen LogP contribution in [0, 0.1) is 11.8 Å². The largest absolute Gasteiger partial charge is 0.415 e. The van der Waals surface area contributed by atoms with Gasteiger partial charge in [0, 0.05) is 25.6 Å². The molecule has 0 spiro atoms. The fourth-order valence-electron chi connectivity index (χ4n) is 3.39. The van der Waals surface area contributed by atoms with Crippen LogP contribution >= 0.6 is 0 Å². The zero-order chi connectivity index (χ0) is 17.5. The summed E-state index contributed by atoms with van der Waals surface area (Å²) in [7, 11) is 0. The van der Waals surface area contributed by atoms with Crippen molar-refractivity contribution in [2.24, 2.45) is 11.8 Å². The molecule has 5 heteroatoms. The van der Waals surface area contributed by atoms with E-state index in [-0.39, 0.29) is 17.9 Å². The molecule has 1 N–H and O–H groups in total. The lowest BCUT2D eigenvalue weighted by molar-refractivity contribution is -0.125. The Morgan fingerprint density at radius 2 is 1.84 bits per heavy atom. The number of piperidine rings is 1. The van der Waals surface area contributed by atoms with E-state index >= 15 is 0 Å². The first-order valence-corrected chi connectivity index (χ1v) is 9.17. The molecule has 2 aliphatic rings. The molecule has 1 fully saturated rings. The molecule has 0 bridgehead atoms. The lowest BCUT2D eigenvalue weighted by atomic mass is 9.92. The molecule has 1 aliphatic heterocycles. The van der Waals surface area contributed by atoms with Crippen molar-refractivity contribution < 1.29 is 14.3 Å². The highest BCUT2D eigenvalue weighted by molar-refractivity contribution is 5.79. The summed E-state index contributed by atoms with van der Waals surface area (Å²) in [6.45, 7) is 2.07. The van der Waals surface area contributed by atoms with Crippen LogP contribution in [0.1, 0.15) is 32.1 Å². The number of allylic oxidation sites excluding steroid dienone is 2. The fourth-order valence-corrected chi connectivity index (χ4v) is 3.39. The molecular weight excluding hydrogens is 316 g/mol. The van der Waals surface area contributed by atoms with Gasteiger partial charge in [-0.3, -0.25) is 4.79 Å². The van der Waals surface area contributed by atoms with E-state index in [2.05, 4.69) is 17.5 Å². The Balaban J connectivity index is 1.37. The number of hydrogen-bond acceptors (Lipinski definition) is 3. The van der Waals surface area contributed by atoms with E-state index in [1.807, 2.05) is 18.2 Å². The van der Waals surface area contributed by atoms with Gasteiger partial charge in [0.15, 0.2) is 0 Å². The van der Waals surface area contributed by atoms with Crippen LogP contribution in [0.15, 0.2) is 42.5 Å². The van der Waals surface area contributed by atoms with E-state index < -0.39 is 0 Å². The Kier molecular flexibility index (Phi) is 6.09. The summed E-state index contributed by atoms with van der Waals surface area (Å²) >= 11 is 0. The molecule has 1 aromatic rings. The van der Waals surface area contributed by atoms with Gasteiger partial charge in [0.25, 0.3) is 0 Å². The summed E-state index contributed by atoms with van der Waals surface area (Å²) in [5.41, 5.74) is 0. The molecule has 1 aliphatic carbocycles. The number of nitrogens with one attached hydrogen (secondary N) is 1. The van der Waals surface area contributed by atoms with E-state index in [1.54, 1.807) is 17.0 Å². The van der Waals surface area contributed by atoms with Crippen LogP contribution in [0.2, 0.25) is 0 Å². The molecule has 1 heterocycles. The zero-order valence-electron chi connectivity index (χ0n) is 14.5. The molecule has 1 unspecified atom stereocenters. The van der Waals surface area contributed by atoms with Gasteiger partial charge in [0.1, 0.15) is 5.75 Å². The molecule has 1 aromatic carbocycles. The van der Waals surface area contributed by atoms with E-state index in [1.165, 1.54) is 0 Å². The summed E-state index contributed by atoms with van der Waals surface area (Å²) < 4.78 is 5.38. The van der Waals surface area contributed by atoms with Gasteiger partial charge in [-0.2, -0.15) is 0 Å². The highest BCUT2D eigenvalue weighted by atomic mass is 16.6. The number of amides is 2. The Morgan fingerprint density at radius 1 is 1.08 bits per heavy atom. The van der Waals surface area contributed by atoms with Gasteiger partial charge in [0.05, 0.1) is 0 Å². The van der Waals surface area contributed by atoms with Crippen molar-refractivity contribution in [3.63, 3.8) is 0 Å². The van der Waals surface area contributed by atoms with Crippen molar-refractivity contribution in [2.75, 3.05) is 19.6 Å². The predicted molar refractivity (Wildman–Crippen MR) is 96.3 cm³/mol. The first kappa shape index (κ1) is 17.5. The van der Waals surface area contributed by atoms with Crippen molar-refractivity contribution in [3.8, 4) is 5.75 Å². The monoisotopic (exact) mass is 342 g/mol. The molecule has 5 nitrogen and oxygen atoms in total. The van der Waals surface area contributed by atoms with Crippen molar-refractivity contribution in [2.45, 2.75) is 32.1 Å². The van der Waals surface area contributed by atoms with E-state index in [4.69, 9.17) is 4.74 Å². The highest BCUT2D eigenvalue weighted by Crippen LogP contribution is 2.20. The smallest absolute Gasteiger partial charge is 0.410 e. The van der Waals surface area contributed by atoms with Crippen molar-refractivity contribution in [1.29, 1.82) is 0 Å². The summed E-state index contributed by atoms with van der Waals surface area (Å²) in [4.78, 5) is 26.1. The number of carbonyl (C=O) groups is 2. The maximum absolute atomic E-state index is 12.2. The minimum absolute atomic E-state index is 0.130. The fraction of sp³-hybridized carbons (Fsp3) is 0.500. The molecule has 0 saturated carbocycles. The Labute approximate surface area is 149 Å².